The summed E-state index contributed by atoms with van der Waals surface area (Å²) in [5.74, 6) is -0.0212. The zero-order valence-corrected chi connectivity index (χ0v) is 14.7. The van der Waals surface area contributed by atoms with Gasteiger partial charge in [0.05, 0.1) is 10.7 Å². The Labute approximate surface area is 154 Å². The summed E-state index contributed by atoms with van der Waals surface area (Å²) in [6.45, 7) is 1.71. The van der Waals surface area contributed by atoms with Gasteiger partial charge in [-0.2, -0.15) is 0 Å². The molecule has 1 atom stereocenters. The van der Waals surface area contributed by atoms with Crippen molar-refractivity contribution >= 4 is 29.0 Å². The molecule has 0 saturated heterocycles. The van der Waals surface area contributed by atoms with Crippen LogP contribution < -0.4 is 10.5 Å². The van der Waals surface area contributed by atoms with Crippen molar-refractivity contribution < 1.29 is 9.13 Å². The number of benzene rings is 1. The molecule has 0 radical (unpaired) electrons. The first-order valence-corrected chi connectivity index (χ1v) is 8.20. The number of nitrogen functional groups attached to an aromatic ring is 1. The first kappa shape index (κ1) is 17.5. The number of hydrogen-bond acceptors (Lipinski definition) is 4. The molecule has 0 spiro atoms. The van der Waals surface area contributed by atoms with E-state index in [0.29, 0.717) is 16.3 Å². The van der Waals surface area contributed by atoms with Crippen LogP contribution in [0.5, 0.6) is 5.75 Å². The highest BCUT2D eigenvalue weighted by molar-refractivity contribution is 6.36. The number of anilines is 1. The van der Waals surface area contributed by atoms with E-state index in [0.717, 1.165) is 11.3 Å². The van der Waals surface area contributed by atoms with Gasteiger partial charge in [0, 0.05) is 28.5 Å². The van der Waals surface area contributed by atoms with Gasteiger partial charge in [-0.15, -0.1) is 0 Å². The third-order valence-corrected chi connectivity index (χ3v) is 4.35. The number of halogens is 3. The van der Waals surface area contributed by atoms with E-state index in [1.54, 1.807) is 25.4 Å². The molecule has 0 aliphatic carbocycles. The normalized spacial score (nSPS) is 12.0. The number of pyridine rings is 2. The predicted octanol–water partition coefficient (Wildman–Crippen LogP) is 5.31. The van der Waals surface area contributed by atoms with Crippen LogP contribution in [0.15, 0.2) is 48.8 Å². The smallest absolute Gasteiger partial charge is 0.166 e. The Morgan fingerprint density at radius 2 is 1.96 bits per heavy atom. The van der Waals surface area contributed by atoms with Crippen LogP contribution in [0.1, 0.15) is 18.6 Å². The molecule has 2 N–H and O–H groups in total. The molecule has 4 nitrogen and oxygen atoms in total. The summed E-state index contributed by atoms with van der Waals surface area (Å²) < 4.78 is 19.6. The van der Waals surface area contributed by atoms with E-state index in [4.69, 9.17) is 33.7 Å². The molecule has 1 aromatic carbocycles. The minimum atomic E-state index is -0.626. The van der Waals surface area contributed by atoms with Gasteiger partial charge in [-0.05, 0) is 37.3 Å². The van der Waals surface area contributed by atoms with Crippen LogP contribution in [-0.2, 0) is 0 Å². The van der Waals surface area contributed by atoms with E-state index in [1.807, 2.05) is 18.2 Å². The van der Waals surface area contributed by atoms with Gasteiger partial charge in [-0.3, -0.25) is 4.98 Å². The SMILES string of the molecule is CC(Oc1cc(-c2ccccn2)cnc1N)c1c(Cl)ccc(F)c1Cl. The van der Waals surface area contributed by atoms with Crippen molar-refractivity contribution in [2.24, 2.45) is 0 Å². The van der Waals surface area contributed by atoms with Crippen molar-refractivity contribution in [1.82, 2.24) is 9.97 Å². The van der Waals surface area contributed by atoms with Crippen LogP contribution in [0.25, 0.3) is 11.3 Å². The number of rotatable bonds is 4. The third kappa shape index (κ3) is 3.67. The highest BCUT2D eigenvalue weighted by atomic mass is 35.5. The molecule has 0 aliphatic heterocycles. The van der Waals surface area contributed by atoms with Crippen LogP contribution in [-0.4, -0.2) is 9.97 Å². The Morgan fingerprint density at radius 1 is 1.16 bits per heavy atom. The highest BCUT2D eigenvalue weighted by Gasteiger charge is 2.20. The maximum Gasteiger partial charge on any atom is 0.166 e. The number of nitrogens with two attached hydrogens (primary N) is 1. The molecule has 2 aromatic heterocycles. The second-order valence-electron chi connectivity index (χ2n) is 5.34. The Bertz CT molecular complexity index is 906. The Balaban J connectivity index is 1.94. The lowest BCUT2D eigenvalue weighted by Gasteiger charge is -2.19. The zero-order valence-electron chi connectivity index (χ0n) is 13.2. The average molecular weight is 378 g/mol. The molecular formula is C18H14Cl2FN3O. The summed E-state index contributed by atoms with van der Waals surface area (Å²) in [6.07, 6.45) is 2.66. The van der Waals surface area contributed by atoms with Gasteiger partial charge < -0.3 is 10.5 Å². The molecule has 128 valence electrons. The van der Waals surface area contributed by atoms with E-state index in [9.17, 15) is 4.39 Å². The monoisotopic (exact) mass is 377 g/mol. The molecule has 0 saturated carbocycles. The van der Waals surface area contributed by atoms with E-state index < -0.39 is 11.9 Å². The standard InChI is InChI=1S/C18H14Cl2FN3O/c1-10(16-12(19)5-6-13(21)17(16)20)25-15-8-11(9-24-18(15)22)14-4-2-3-7-23-14/h2-10H,1H3,(H2,22,24). The molecule has 0 aliphatic rings. The topological polar surface area (TPSA) is 61.0 Å². The number of nitrogens with zero attached hydrogens (tertiary/aromatic N) is 2. The Hall–Kier alpha value is -2.37. The van der Waals surface area contributed by atoms with E-state index in [2.05, 4.69) is 9.97 Å². The van der Waals surface area contributed by atoms with E-state index in [1.165, 1.54) is 12.1 Å². The van der Waals surface area contributed by atoms with Crippen molar-refractivity contribution in [1.29, 1.82) is 0 Å². The highest BCUT2D eigenvalue weighted by Crippen LogP contribution is 2.36. The summed E-state index contributed by atoms with van der Waals surface area (Å²) in [4.78, 5) is 8.41. The summed E-state index contributed by atoms with van der Waals surface area (Å²) in [7, 11) is 0. The van der Waals surface area contributed by atoms with Gasteiger partial charge in [0.1, 0.15) is 11.9 Å². The van der Waals surface area contributed by atoms with Crippen molar-refractivity contribution in [2.75, 3.05) is 5.73 Å². The minimum absolute atomic E-state index is 0.0765. The second-order valence-corrected chi connectivity index (χ2v) is 6.12. The van der Waals surface area contributed by atoms with Crippen molar-refractivity contribution in [3.05, 3.63) is 70.2 Å². The quantitative estimate of drug-likeness (QED) is 0.625. The predicted molar refractivity (Wildman–Crippen MR) is 97.3 cm³/mol. The van der Waals surface area contributed by atoms with Gasteiger partial charge in [0.2, 0.25) is 0 Å². The molecule has 25 heavy (non-hydrogen) atoms. The number of hydrogen-bond donors (Lipinski definition) is 1. The van der Waals surface area contributed by atoms with Crippen LogP contribution in [0.2, 0.25) is 10.0 Å². The van der Waals surface area contributed by atoms with Crippen LogP contribution >= 0.6 is 23.2 Å². The Morgan fingerprint density at radius 3 is 2.68 bits per heavy atom. The third-order valence-electron chi connectivity index (χ3n) is 3.63. The van der Waals surface area contributed by atoms with Crippen molar-refractivity contribution in [3.63, 3.8) is 0 Å². The van der Waals surface area contributed by atoms with Crippen LogP contribution in [0.4, 0.5) is 10.2 Å². The van der Waals surface area contributed by atoms with Gasteiger partial charge in [-0.1, -0.05) is 29.3 Å². The molecule has 0 bridgehead atoms. The molecule has 0 fully saturated rings. The maximum atomic E-state index is 13.7. The van der Waals surface area contributed by atoms with Crippen LogP contribution in [0.3, 0.4) is 0 Å². The lowest BCUT2D eigenvalue weighted by atomic mass is 10.1. The maximum absolute atomic E-state index is 13.7. The van der Waals surface area contributed by atoms with Gasteiger partial charge in [-0.25, -0.2) is 9.37 Å². The van der Waals surface area contributed by atoms with Gasteiger partial charge in [0.15, 0.2) is 11.6 Å². The molecular weight excluding hydrogens is 364 g/mol. The lowest BCUT2D eigenvalue weighted by Crippen LogP contribution is -2.08. The average Bonchev–Trinajstić information content (AvgIpc) is 2.61. The zero-order chi connectivity index (χ0) is 18.0. The fourth-order valence-electron chi connectivity index (χ4n) is 2.39. The molecule has 1 unspecified atom stereocenters. The fraction of sp³-hybridized carbons (Fsp3) is 0.111. The Kier molecular flexibility index (Phi) is 5.06. The van der Waals surface area contributed by atoms with Gasteiger partial charge >= 0.3 is 0 Å². The summed E-state index contributed by atoms with van der Waals surface area (Å²) in [5.41, 5.74) is 7.73. The molecule has 2 heterocycles. The molecule has 7 heteroatoms. The lowest BCUT2D eigenvalue weighted by molar-refractivity contribution is 0.227. The summed E-state index contributed by atoms with van der Waals surface area (Å²) in [5, 5.41) is 0.235. The molecule has 0 amide bonds. The van der Waals surface area contributed by atoms with Crippen LogP contribution in [0, 0.1) is 5.82 Å². The molecule has 3 rings (SSSR count). The fourth-order valence-corrected chi connectivity index (χ4v) is 3.07. The molecule has 3 aromatic rings. The number of aromatic nitrogens is 2. The largest absolute Gasteiger partial charge is 0.482 e. The van der Waals surface area contributed by atoms with Crippen molar-refractivity contribution in [2.45, 2.75) is 13.0 Å². The van der Waals surface area contributed by atoms with Gasteiger partial charge in [0.25, 0.3) is 0 Å². The summed E-state index contributed by atoms with van der Waals surface area (Å²) in [6, 6.07) is 9.90. The first-order chi connectivity index (χ1) is 12.0. The number of ether oxygens (including phenoxy) is 1. The minimum Gasteiger partial charge on any atom is -0.482 e. The van der Waals surface area contributed by atoms with E-state index >= 15 is 0 Å². The van der Waals surface area contributed by atoms with E-state index in [-0.39, 0.29) is 10.8 Å². The first-order valence-electron chi connectivity index (χ1n) is 7.44. The van der Waals surface area contributed by atoms with Crippen molar-refractivity contribution in [3.8, 4) is 17.0 Å². The second kappa shape index (κ2) is 7.25. The summed E-state index contributed by atoms with van der Waals surface area (Å²) >= 11 is 12.2.